The first-order valence-corrected chi connectivity index (χ1v) is 12.4. The quantitative estimate of drug-likeness (QED) is 0.366. The number of thioether (sulfide) groups is 2. The molecule has 0 bridgehead atoms. The molecule has 154 valence electrons. The van der Waals surface area contributed by atoms with Gasteiger partial charge in [0.2, 0.25) is 5.91 Å². The lowest BCUT2D eigenvalue weighted by Gasteiger charge is -2.09. The Kier molecular flexibility index (Phi) is 7.03. The van der Waals surface area contributed by atoms with Gasteiger partial charge in [-0.15, -0.1) is 21.5 Å². The number of hydrogen-bond acceptors (Lipinski definition) is 7. The van der Waals surface area contributed by atoms with Crippen LogP contribution in [-0.2, 0) is 10.5 Å². The first-order chi connectivity index (χ1) is 14.7. The second-order valence-electron chi connectivity index (χ2n) is 6.44. The van der Waals surface area contributed by atoms with Crippen molar-refractivity contribution >= 4 is 51.0 Å². The maximum atomic E-state index is 12.0. The summed E-state index contributed by atoms with van der Waals surface area (Å²) in [5.41, 5.74) is 2.00. The summed E-state index contributed by atoms with van der Waals surface area (Å²) >= 11 is 4.74. The molecular formula is C21H21N5OS3. The summed E-state index contributed by atoms with van der Waals surface area (Å²) in [4.78, 5) is 16.7. The summed E-state index contributed by atoms with van der Waals surface area (Å²) in [6.07, 6.45) is 0.920. The number of nitrogens with one attached hydrogen (secondary N) is 1. The molecule has 0 unspecified atom stereocenters. The van der Waals surface area contributed by atoms with Gasteiger partial charge in [0.15, 0.2) is 9.50 Å². The zero-order valence-corrected chi connectivity index (χ0v) is 18.9. The molecule has 0 radical (unpaired) electrons. The normalized spacial score (nSPS) is 11.1. The Morgan fingerprint density at radius 3 is 2.67 bits per heavy atom. The molecule has 0 saturated heterocycles. The highest BCUT2D eigenvalue weighted by Crippen LogP contribution is 2.32. The van der Waals surface area contributed by atoms with Crippen LogP contribution in [0.25, 0.3) is 15.9 Å². The summed E-state index contributed by atoms with van der Waals surface area (Å²) < 4.78 is 4.21. The molecule has 0 atom stereocenters. The van der Waals surface area contributed by atoms with E-state index in [1.807, 2.05) is 60.0 Å². The number of aromatic nitrogens is 4. The minimum atomic E-state index is 0.00913. The number of benzene rings is 2. The number of hydrogen-bond donors (Lipinski definition) is 1. The molecule has 0 fully saturated rings. The molecule has 4 aromatic rings. The molecule has 0 aliphatic rings. The van der Waals surface area contributed by atoms with Crippen molar-refractivity contribution in [2.45, 2.75) is 28.6 Å². The Morgan fingerprint density at radius 1 is 1.07 bits per heavy atom. The van der Waals surface area contributed by atoms with E-state index in [1.54, 1.807) is 23.1 Å². The van der Waals surface area contributed by atoms with Gasteiger partial charge in [0.1, 0.15) is 5.82 Å². The third-order valence-electron chi connectivity index (χ3n) is 4.22. The lowest BCUT2D eigenvalue weighted by molar-refractivity contribution is -0.118. The Balaban J connectivity index is 1.53. The Hall–Kier alpha value is -2.36. The Morgan fingerprint density at radius 2 is 1.87 bits per heavy atom. The highest BCUT2D eigenvalue weighted by atomic mass is 32.2. The highest BCUT2D eigenvalue weighted by molar-refractivity contribution is 8.00. The molecule has 9 heteroatoms. The third-order valence-corrected chi connectivity index (χ3v) is 7.32. The zero-order chi connectivity index (χ0) is 20.8. The van der Waals surface area contributed by atoms with E-state index in [9.17, 15) is 4.79 Å². The van der Waals surface area contributed by atoms with E-state index in [0.29, 0.717) is 23.2 Å². The molecule has 0 aliphatic carbocycles. The molecule has 2 heterocycles. The van der Waals surface area contributed by atoms with Crippen molar-refractivity contribution in [1.82, 2.24) is 25.1 Å². The molecule has 4 rings (SSSR count). The second kappa shape index (κ2) is 10.1. The van der Waals surface area contributed by atoms with Crippen LogP contribution in [0, 0.1) is 0 Å². The Labute approximate surface area is 187 Å². The number of fused-ring (bicyclic) bond motifs is 1. The van der Waals surface area contributed by atoms with Crippen LogP contribution in [0.3, 0.4) is 0 Å². The van der Waals surface area contributed by atoms with Crippen molar-refractivity contribution in [3.63, 3.8) is 0 Å². The van der Waals surface area contributed by atoms with Crippen molar-refractivity contribution in [2.75, 3.05) is 12.3 Å². The Bertz CT molecular complexity index is 1090. The summed E-state index contributed by atoms with van der Waals surface area (Å²) in [6.45, 7) is 2.73. The number of carbonyl (C=O) groups is 1. The fourth-order valence-electron chi connectivity index (χ4n) is 2.81. The molecule has 6 nitrogen and oxygen atoms in total. The zero-order valence-electron chi connectivity index (χ0n) is 16.4. The molecule has 0 spiro atoms. The molecule has 0 saturated carbocycles. The third kappa shape index (κ3) is 5.03. The number of nitrogens with zero attached hydrogens (tertiary/aromatic N) is 4. The smallest absolute Gasteiger partial charge is 0.230 e. The predicted octanol–water partition coefficient (Wildman–Crippen LogP) is 4.79. The fourth-order valence-corrected chi connectivity index (χ4v) is 5.59. The summed E-state index contributed by atoms with van der Waals surface area (Å²) in [5.74, 6) is 1.80. The monoisotopic (exact) mass is 455 g/mol. The molecule has 2 aromatic heterocycles. The van der Waals surface area contributed by atoms with E-state index in [0.717, 1.165) is 27.8 Å². The van der Waals surface area contributed by atoms with Crippen molar-refractivity contribution in [2.24, 2.45) is 0 Å². The average molecular weight is 456 g/mol. The van der Waals surface area contributed by atoms with Crippen LogP contribution in [-0.4, -0.2) is 38.0 Å². The number of rotatable bonds is 9. The molecular weight excluding hydrogens is 434 g/mol. The fraction of sp³-hybridized carbons (Fsp3) is 0.238. The number of thiazole rings is 1. The SMILES string of the molecule is CCCNC(=O)CSc1nnc(CSc2nc3ccccc3s2)n1-c1ccccc1. The van der Waals surface area contributed by atoms with E-state index in [2.05, 4.69) is 21.6 Å². The summed E-state index contributed by atoms with van der Waals surface area (Å²) in [5, 5.41) is 12.4. The summed E-state index contributed by atoms with van der Waals surface area (Å²) in [7, 11) is 0. The van der Waals surface area contributed by atoms with Gasteiger partial charge in [-0.1, -0.05) is 60.8 Å². The standard InChI is InChI=1S/C21H21N5OS3/c1-2-12-22-19(27)14-28-20-25-24-18(26(20)15-8-4-3-5-9-15)13-29-21-23-16-10-6-7-11-17(16)30-21/h3-11H,2,12-14H2,1H3,(H,22,27). The van der Waals surface area contributed by atoms with Crippen molar-refractivity contribution in [3.05, 3.63) is 60.4 Å². The highest BCUT2D eigenvalue weighted by Gasteiger charge is 2.17. The first-order valence-electron chi connectivity index (χ1n) is 9.62. The first kappa shape index (κ1) is 20.9. The average Bonchev–Trinajstić information content (AvgIpc) is 3.38. The van der Waals surface area contributed by atoms with E-state index in [4.69, 9.17) is 4.98 Å². The van der Waals surface area contributed by atoms with Gasteiger partial charge < -0.3 is 5.32 Å². The minimum absolute atomic E-state index is 0.00913. The second-order valence-corrected chi connectivity index (χ2v) is 9.64. The number of carbonyl (C=O) groups excluding carboxylic acids is 1. The number of para-hydroxylation sites is 2. The van der Waals surface area contributed by atoms with E-state index in [1.165, 1.54) is 16.5 Å². The van der Waals surface area contributed by atoms with Crippen LogP contribution in [0.15, 0.2) is 64.1 Å². The van der Waals surface area contributed by atoms with Crippen LogP contribution >= 0.6 is 34.9 Å². The molecule has 1 amide bonds. The minimum Gasteiger partial charge on any atom is -0.355 e. The van der Waals surface area contributed by atoms with E-state index in [-0.39, 0.29) is 5.91 Å². The largest absolute Gasteiger partial charge is 0.355 e. The van der Waals surface area contributed by atoms with Crippen LogP contribution in [0.5, 0.6) is 0 Å². The van der Waals surface area contributed by atoms with Crippen LogP contribution < -0.4 is 5.32 Å². The van der Waals surface area contributed by atoms with Gasteiger partial charge in [-0.2, -0.15) is 0 Å². The van der Waals surface area contributed by atoms with Gasteiger partial charge in [-0.05, 0) is 30.7 Å². The van der Waals surface area contributed by atoms with Gasteiger partial charge in [-0.25, -0.2) is 4.98 Å². The lowest BCUT2D eigenvalue weighted by atomic mass is 10.3. The van der Waals surface area contributed by atoms with E-state index < -0.39 is 0 Å². The van der Waals surface area contributed by atoms with Crippen molar-refractivity contribution < 1.29 is 4.79 Å². The van der Waals surface area contributed by atoms with Crippen LogP contribution in [0.2, 0.25) is 0 Å². The molecule has 30 heavy (non-hydrogen) atoms. The van der Waals surface area contributed by atoms with Gasteiger partial charge in [0, 0.05) is 12.2 Å². The van der Waals surface area contributed by atoms with E-state index >= 15 is 0 Å². The molecule has 1 N–H and O–H groups in total. The number of amides is 1. The van der Waals surface area contributed by atoms with Crippen molar-refractivity contribution in [3.8, 4) is 5.69 Å². The molecule has 0 aliphatic heterocycles. The maximum absolute atomic E-state index is 12.0. The van der Waals surface area contributed by atoms with Gasteiger partial charge in [0.25, 0.3) is 0 Å². The van der Waals surface area contributed by atoms with Crippen LogP contribution in [0.1, 0.15) is 19.2 Å². The molecule has 2 aromatic carbocycles. The van der Waals surface area contributed by atoms with Crippen LogP contribution in [0.4, 0.5) is 0 Å². The van der Waals surface area contributed by atoms with Gasteiger partial charge >= 0.3 is 0 Å². The lowest BCUT2D eigenvalue weighted by Crippen LogP contribution is -2.25. The topological polar surface area (TPSA) is 72.7 Å². The maximum Gasteiger partial charge on any atom is 0.230 e. The van der Waals surface area contributed by atoms with Gasteiger partial charge in [-0.3, -0.25) is 9.36 Å². The predicted molar refractivity (Wildman–Crippen MR) is 125 cm³/mol. The summed E-state index contributed by atoms with van der Waals surface area (Å²) in [6, 6.07) is 18.2. The van der Waals surface area contributed by atoms with Gasteiger partial charge in [0.05, 0.1) is 21.7 Å². The van der Waals surface area contributed by atoms with Crippen molar-refractivity contribution in [1.29, 1.82) is 0 Å².